The molecule has 0 aliphatic rings. The molecule has 0 saturated carbocycles. The van der Waals surface area contributed by atoms with Gasteiger partial charge in [0.25, 0.3) is 0 Å². The first-order chi connectivity index (χ1) is 17.7. The van der Waals surface area contributed by atoms with Gasteiger partial charge in [-0.1, -0.05) is 80.9 Å². The molecule has 6 nitrogen and oxygen atoms in total. The highest BCUT2D eigenvalue weighted by Crippen LogP contribution is 2.34. The number of aromatic nitrogens is 3. The molecule has 0 aliphatic heterocycles. The van der Waals surface area contributed by atoms with E-state index in [1.54, 1.807) is 10.9 Å². The summed E-state index contributed by atoms with van der Waals surface area (Å²) in [6, 6.07) is 26.1. The van der Waals surface area contributed by atoms with Gasteiger partial charge in [-0.25, -0.2) is 9.48 Å². The molecule has 0 atom stereocenters. The predicted octanol–water partition coefficient (Wildman–Crippen LogP) is 7.65. The van der Waals surface area contributed by atoms with E-state index in [0.717, 1.165) is 44.7 Å². The second-order valence-electron chi connectivity index (χ2n) is 10.4. The van der Waals surface area contributed by atoms with Gasteiger partial charge < -0.3 is 5.32 Å². The third-order valence-corrected chi connectivity index (χ3v) is 6.39. The van der Waals surface area contributed by atoms with Crippen LogP contribution in [0.1, 0.15) is 37.7 Å². The molecule has 186 valence electrons. The quantitative estimate of drug-likeness (QED) is 0.272. The third-order valence-electron chi connectivity index (χ3n) is 6.39. The van der Waals surface area contributed by atoms with Crippen molar-refractivity contribution >= 4 is 28.3 Å². The SMILES string of the molecule is Cc1ccc(-c2ccc(NC(=O)Nc3cc(C(C)(C)C)nn3-c3ccc(C)nc3)c3ccccc23)cc1. The largest absolute Gasteiger partial charge is 0.324 e. The second-order valence-corrected chi connectivity index (χ2v) is 10.4. The van der Waals surface area contributed by atoms with Crippen molar-refractivity contribution in [1.82, 2.24) is 14.8 Å². The summed E-state index contributed by atoms with van der Waals surface area (Å²) in [7, 11) is 0. The molecular formula is C31H31N5O. The first-order valence-electron chi connectivity index (χ1n) is 12.4. The van der Waals surface area contributed by atoms with E-state index in [-0.39, 0.29) is 11.4 Å². The molecule has 0 bridgehead atoms. The number of carbonyl (C=O) groups is 1. The Morgan fingerprint density at radius 2 is 1.57 bits per heavy atom. The van der Waals surface area contributed by atoms with Crippen LogP contribution in [-0.2, 0) is 5.41 Å². The summed E-state index contributed by atoms with van der Waals surface area (Å²) in [6.45, 7) is 10.3. The Morgan fingerprint density at radius 3 is 2.24 bits per heavy atom. The molecule has 0 aliphatic carbocycles. The minimum absolute atomic E-state index is 0.182. The smallest absolute Gasteiger partial charge is 0.307 e. The minimum Gasteiger partial charge on any atom is -0.307 e. The van der Waals surface area contributed by atoms with Gasteiger partial charge in [-0.3, -0.25) is 10.3 Å². The second kappa shape index (κ2) is 9.54. The van der Waals surface area contributed by atoms with Crippen LogP contribution in [0.2, 0.25) is 0 Å². The fourth-order valence-corrected chi connectivity index (χ4v) is 4.28. The number of aryl methyl sites for hydroxylation is 2. The molecule has 37 heavy (non-hydrogen) atoms. The van der Waals surface area contributed by atoms with Crippen molar-refractivity contribution in [2.24, 2.45) is 0 Å². The lowest BCUT2D eigenvalue weighted by atomic mass is 9.92. The van der Waals surface area contributed by atoms with Crippen LogP contribution in [0.3, 0.4) is 0 Å². The average molecular weight is 490 g/mol. The zero-order valence-electron chi connectivity index (χ0n) is 21.8. The number of hydrogen-bond acceptors (Lipinski definition) is 3. The Labute approximate surface area is 217 Å². The number of rotatable bonds is 4. The van der Waals surface area contributed by atoms with E-state index in [2.05, 4.69) is 79.7 Å². The predicted molar refractivity (Wildman–Crippen MR) is 152 cm³/mol. The van der Waals surface area contributed by atoms with Crippen LogP contribution in [0.4, 0.5) is 16.3 Å². The van der Waals surface area contributed by atoms with E-state index in [1.807, 2.05) is 49.4 Å². The number of benzene rings is 3. The van der Waals surface area contributed by atoms with Crippen LogP contribution in [0.15, 0.2) is 85.1 Å². The average Bonchev–Trinajstić information content (AvgIpc) is 3.29. The zero-order chi connectivity index (χ0) is 26.2. The summed E-state index contributed by atoms with van der Waals surface area (Å²) in [5, 5.41) is 12.9. The zero-order valence-corrected chi connectivity index (χ0v) is 21.8. The van der Waals surface area contributed by atoms with E-state index >= 15 is 0 Å². The van der Waals surface area contributed by atoms with Crippen molar-refractivity contribution in [2.45, 2.75) is 40.0 Å². The Balaban J connectivity index is 1.46. The van der Waals surface area contributed by atoms with Gasteiger partial charge in [0.2, 0.25) is 0 Å². The number of carbonyl (C=O) groups excluding carboxylic acids is 1. The Morgan fingerprint density at radius 1 is 0.838 bits per heavy atom. The number of nitrogens with zero attached hydrogens (tertiary/aromatic N) is 3. The first-order valence-corrected chi connectivity index (χ1v) is 12.4. The van der Waals surface area contributed by atoms with Gasteiger partial charge in [0, 0.05) is 22.6 Å². The normalized spacial score (nSPS) is 11.5. The number of pyridine rings is 1. The van der Waals surface area contributed by atoms with Gasteiger partial charge >= 0.3 is 6.03 Å². The maximum Gasteiger partial charge on any atom is 0.324 e. The van der Waals surface area contributed by atoms with E-state index in [0.29, 0.717) is 5.82 Å². The molecule has 5 rings (SSSR count). The first kappa shape index (κ1) is 24.3. The maximum absolute atomic E-state index is 13.2. The topological polar surface area (TPSA) is 71.8 Å². The Kier molecular flexibility index (Phi) is 6.25. The minimum atomic E-state index is -0.338. The molecule has 2 amide bonds. The Bertz CT molecular complexity index is 1580. The molecule has 0 fully saturated rings. The number of fused-ring (bicyclic) bond motifs is 1. The van der Waals surface area contributed by atoms with E-state index in [1.165, 1.54) is 5.56 Å². The standard InChI is InChI=1S/C31H31N5O/c1-20-10-13-22(14-11-20)24-16-17-27(26-9-7-6-8-25(24)26)33-30(37)34-29-18-28(31(3,4)5)35-36(29)23-15-12-21(2)32-19-23/h6-19H,1-5H3,(H2,33,34,37). The van der Waals surface area contributed by atoms with Gasteiger partial charge in [-0.2, -0.15) is 5.10 Å². The number of anilines is 2. The van der Waals surface area contributed by atoms with Crippen molar-refractivity contribution in [3.05, 3.63) is 102 Å². The fraction of sp³-hybridized carbons (Fsp3) is 0.194. The van der Waals surface area contributed by atoms with Gasteiger partial charge in [0.15, 0.2) is 0 Å². The highest BCUT2D eigenvalue weighted by molar-refractivity contribution is 6.09. The maximum atomic E-state index is 13.2. The van der Waals surface area contributed by atoms with Crippen LogP contribution in [0.25, 0.3) is 27.6 Å². The summed E-state index contributed by atoms with van der Waals surface area (Å²) >= 11 is 0. The summed E-state index contributed by atoms with van der Waals surface area (Å²) in [5.41, 5.74) is 6.62. The van der Waals surface area contributed by atoms with E-state index < -0.39 is 0 Å². The van der Waals surface area contributed by atoms with Crippen LogP contribution >= 0.6 is 0 Å². The van der Waals surface area contributed by atoms with Gasteiger partial charge in [0.05, 0.1) is 23.3 Å². The number of nitrogens with one attached hydrogen (secondary N) is 2. The van der Waals surface area contributed by atoms with Crippen LogP contribution in [0, 0.1) is 13.8 Å². The van der Waals surface area contributed by atoms with Crippen molar-refractivity contribution in [1.29, 1.82) is 0 Å². The van der Waals surface area contributed by atoms with Crippen LogP contribution in [-0.4, -0.2) is 20.8 Å². The van der Waals surface area contributed by atoms with E-state index in [9.17, 15) is 4.79 Å². The summed E-state index contributed by atoms with van der Waals surface area (Å²) in [5.74, 6) is 0.577. The van der Waals surface area contributed by atoms with Gasteiger partial charge in [-0.05, 0) is 48.6 Å². The highest BCUT2D eigenvalue weighted by atomic mass is 16.2. The van der Waals surface area contributed by atoms with Gasteiger partial charge in [0.1, 0.15) is 5.82 Å². The molecule has 0 saturated heterocycles. The lowest BCUT2D eigenvalue weighted by Gasteiger charge is -2.14. The van der Waals surface area contributed by atoms with Crippen molar-refractivity contribution in [3.63, 3.8) is 0 Å². The monoisotopic (exact) mass is 489 g/mol. The molecule has 5 aromatic rings. The molecule has 2 aromatic heterocycles. The molecule has 0 spiro atoms. The number of hydrogen-bond donors (Lipinski definition) is 2. The number of amides is 2. The van der Waals surface area contributed by atoms with Crippen LogP contribution < -0.4 is 10.6 Å². The summed E-state index contributed by atoms with van der Waals surface area (Å²) in [4.78, 5) is 17.6. The molecular weight excluding hydrogens is 458 g/mol. The fourth-order valence-electron chi connectivity index (χ4n) is 4.28. The summed E-state index contributed by atoms with van der Waals surface area (Å²) < 4.78 is 1.73. The summed E-state index contributed by atoms with van der Waals surface area (Å²) in [6.07, 6.45) is 1.76. The lowest BCUT2D eigenvalue weighted by Crippen LogP contribution is -2.21. The molecule has 6 heteroatoms. The van der Waals surface area contributed by atoms with Crippen molar-refractivity contribution < 1.29 is 4.79 Å². The highest BCUT2D eigenvalue weighted by Gasteiger charge is 2.22. The molecule has 0 unspecified atom stereocenters. The van der Waals surface area contributed by atoms with Crippen molar-refractivity contribution in [2.75, 3.05) is 10.6 Å². The molecule has 2 N–H and O–H groups in total. The number of urea groups is 1. The Hall–Kier alpha value is -4.45. The molecule has 0 radical (unpaired) electrons. The van der Waals surface area contributed by atoms with Gasteiger partial charge in [-0.15, -0.1) is 0 Å². The molecule has 3 aromatic carbocycles. The van der Waals surface area contributed by atoms with E-state index in [4.69, 9.17) is 5.10 Å². The van der Waals surface area contributed by atoms with Crippen molar-refractivity contribution in [3.8, 4) is 16.8 Å². The van der Waals surface area contributed by atoms with Crippen LogP contribution in [0.5, 0.6) is 0 Å². The third kappa shape index (κ3) is 5.09. The molecule has 2 heterocycles. The lowest BCUT2D eigenvalue weighted by molar-refractivity contribution is 0.262.